The second-order valence-corrected chi connectivity index (χ2v) is 5.35. The highest BCUT2D eigenvalue weighted by Gasteiger charge is 2.24. The van der Waals surface area contributed by atoms with E-state index in [1.165, 1.54) is 7.11 Å². The number of fused-ring (bicyclic) bond motifs is 1. The van der Waals surface area contributed by atoms with Crippen molar-refractivity contribution in [1.29, 1.82) is 0 Å². The van der Waals surface area contributed by atoms with E-state index in [9.17, 15) is 4.79 Å². The van der Waals surface area contributed by atoms with Gasteiger partial charge in [0.15, 0.2) is 0 Å². The Kier molecular flexibility index (Phi) is 4.35. The minimum absolute atomic E-state index is 0.237. The number of hydrogen-bond donors (Lipinski definition) is 1. The van der Waals surface area contributed by atoms with Gasteiger partial charge in [-0.1, -0.05) is 13.8 Å². The van der Waals surface area contributed by atoms with Crippen LogP contribution in [0.2, 0.25) is 0 Å². The zero-order valence-electron chi connectivity index (χ0n) is 11.8. The molecule has 0 radical (unpaired) electrons. The molecule has 2 rings (SSSR count). The highest BCUT2D eigenvalue weighted by Crippen LogP contribution is 2.26. The largest absolute Gasteiger partial charge is 0.467 e. The fourth-order valence-electron chi connectivity index (χ4n) is 2.48. The highest BCUT2D eigenvalue weighted by molar-refractivity contribution is 5.79. The number of methoxy groups -OCH3 is 1. The summed E-state index contributed by atoms with van der Waals surface area (Å²) in [6, 6.07) is -0.343. The van der Waals surface area contributed by atoms with Crippen LogP contribution in [0.4, 0.5) is 5.82 Å². The van der Waals surface area contributed by atoms with Crippen molar-refractivity contribution in [1.82, 2.24) is 9.97 Å². The maximum atomic E-state index is 11.8. The molecule has 0 spiro atoms. The Hall–Kier alpha value is -1.65. The first-order chi connectivity index (χ1) is 9.11. The van der Waals surface area contributed by atoms with E-state index in [4.69, 9.17) is 4.74 Å². The van der Waals surface area contributed by atoms with Crippen LogP contribution in [-0.2, 0) is 22.4 Å². The molecule has 0 aromatic carbocycles. The fourth-order valence-corrected chi connectivity index (χ4v) is 2.48. The predicted molar refractivity (Wildman–Crippen MR) is 72.9 cm³/mol. The molecule has 1 unspecified atom stereocenters. The molecule has 1 heterocycles. The molecule has 1 aliphatic carbocycles. The number of esters is 1. The lowest BCUT2D eigenvalue weighted by molar-refractivity contribution is -0.141. The lowest BCUT2D eigenvalue weighted by atomic mass is 10.0. The minimum Gasteiger partial charge on any atom is -0.467 e. The number of nitrogens with one attached hydrogen (secondary N) is 1. The number of anilines is 1. The van der Waals surface area contributed by atoms with Crippen LogP contribution in [0.3, 0.4) is 0 Å². The number of aryl methyl sites for hydroxylation is 1. The molecule has 0 saturated heterocycles. The molecule has 1 aliphatic rings. The fraction of sp³-hybridized carbons (Fsp3) is 0.643. The molecule has 0 bridgehead atoms. The molecule has 1 atom stereocenters. The van der Waals surface area contributed by atoms with Crippen molar-refractivity contribution in [2.75, 3.05) is 12.4 Å². The average molecular weight is 263 g/mol. The molecule has 5 nitrogen and oxygen atoms in total. The van der Waals surface area contributed by atoms with Crippen LogP contribution in [0.5, 0.6) is 0 Å². The zero-order chi connectivity index (χ0) is 13.8. The van der Waals surface area contributed by atoms with Crippen molar-refractivity contribution in [3.05, 3.63) is 17.6 Å². The average Bonchev–Trinajstić information content (AvgIpc) is 2.85. The quantitative estimate of drug-likeness (QED) is 0.823. The molecule has 104 valence electrons. The minimum atomic E-state index is -0.343. The van der Waals surface area contributed by atoms with E-state index in [-0.39, 0.29) is 12.0 Å². The molecule has 1 N–H and O–H groups in total. The van der Waals surface area contributed by atoms with Gasteiger partial charge in [0.2, 0.25) is 0 Å². The summed E-state index contributed by atoms with van der Waals surface area (Å²) < 4.78 is 4.86. The first kappa shape index (κ1) is 13.8. The van der Waals surface area contributed by atoms with Gasteiger partial charge in [0, 0.05) is 11.3 Å². The van der Waals surface area contributed by atoms with Gasteiger partial charge >= 0.3 is 5.97 Å². The lowest BCUT2D eigenvalue weighted by Gasteiger charge is -2.20. The molecule has 19 heavy (non-hydrogen) atoms. The van der Waals surface area contributed by atoms with E-state index >= 15 is 0 Å². The van der Waals surface area contributed by atoms with E-state index in [2.05, 4.69) is 29.1 Å². The molecule has 1 aromatic heterocycles. The molecule has 1 aromatic rings. The second-order valence-electron chi connectivity index (χ2n) is 5.35. The first-order valence-corrected chi connectivity index (χ1v) is 6.79. The first-order valence-electron chi connectivity index (χ1n) is 6.79. The Labute approximate surface area is 113 Å². The molecule has 0 aliphatic heterocycles. The Bertz CT molecular complexity index is 460. The van der Waals surface area contributed by atoms with Crippen molar-refractivity contribution >= 4 is 11.8 Å². The topological polar surface area (TPSA) is 64.1 Å². The smallest absolute Gasteiger partial charge is 0.328 e. The van der Waals surface area contributed by atoms with Gasteiger partial charge in [0.25, 0.3) is 0 Å². The van der Waals surface area contributed by atoms with E-state index in [0.29, 0.717) is 5.92 Å². The van der Waals surface area contributed by atoms with Crippen LogP contribution < -0.4 is 5.32 Å². The monoisotopic (exact) mass is 263 g/mol. The number of nitrogens with zero attached hydrogens (tertiary/aromatic N) is 2. The van der Waals surface area contributed by atoms with Crippen LogP contribution in [0.15, 0.2) is 6.33 Å². The number of carbonyl (C=O) groups is 1. The molecular formula is C14H21N3O2. The Balaban J connectivity index is 2.17. The summed E-state index contributed by atoms with van der Waals surface area (Å²) in [5.41, 5.74) is 2.26. The number of ether oxygens (including phenoxy) is 1. The van der Waals surface area contributed by atoms with Gasteiger partial charge in [0.1, 0.15) is 18.2 Å². The van der Waals surface area contributed by atoms with E-state index in [0.717, 1.165) is 42.8 Å². The van der Waals surface area contributed by atoms with Crippen molar-refractivity contribution in [2.45, 2.75) is 45.6 Å². The van der Waals surface area contributed by atoms with Crippen LogP contribution >= 0.6 is 0 Å². The van der Waals surface area contributed by atoms with Crippen LogP contribution in [0, 0.1) is 5.92 Å². The zero-order valence-corrected chi connectivity index (χ0v) is 11.8. The lowest BCUT2D eigenvalue weighted by Crippen LogP contribution is -2.32. The van der Waals surface area contributed by atoms with Crippen molar-refractivity contribution in [3.8, 4) is 0 Å². The Morgan fingerprint density at radius 2 is 2.21 bits per heavy atom. The van der Waals surface area contributed by atoms with Crippen LogP contribution in [0.25, 0.3) is 0 Å². The number of aromatic nitrogens is 2. The van der Waals surface area contributed by atoms with Crippen LogP contribution in [-0.4, -0.2) is 29.1 Å². The van der Waals surface area contributed by atoms with Gasteiger partial charge in [-0.05, 0) is 31.6 Å². The third-order valence-electron chi connectivity index (χ3n) is 3.38. The SMILES string of the molecule is COC(=O)C(CC(C)C)Nc1ncnc2c1CCC2. The van der Waals surface area contributed by atoms with Crippen molar-refractivity contribution in [2.24, 2.45) is 5.92 Å². The van der Waals surface area contributed by atoms with Crippen molar-refractivity contribution < 1.29 is 9.53 Å². The summed E-state index contributed by atoms with van der Waals surface area (Å²) >= 11 is 0. The Morgan fingerprint density at radius 1 is 1.42 bits per heavy atom. The molecule has 0 saturated carbocycles. The molecule has 0 fully saturated rings. The summed E-state index contributed by atoms with van der Waals surface area (Å²) in [6.45, 7) is 4.17. The maximum absolute atomic E-state index is 11.8. The third kappa shape index (κ3) is 3.22. The molecule has 0 amide bonds. The second kappa shape index (κ2) is 5.99. The van der Waals surface area contributed by atoms with Crippen LogP contribution in [0.1, 0.15) is 37.9 Å². The van der Waals surface area contributed by atoms with Gasteiger partial charge in [0.05, 0.1) is 7.11 Å². The van der Waals surface area contributed by atoms with E-state index in [1.807, 2.05) is 0 Å². The third-order valence-corrected chi connectivity index (χ3v) is 3.38. The van der Waals surface area contributed by atoms with Gasteiger partial charge in [-0.25, -0.2) is 14.8 Å². The molecule has 5 heteroatoms. The summed E-state index contributed by atoms with van der Waals surface area (Å²) in [6.07, 6.45) is 5.38. The van der Waals surface area contributed by atoms with Gasteiger partial charge < -0.3 is 10.1 Å². The normalized spacial score (nSPS) is 15.2. The van der Waals surface area contributed by atoms with E-state index < -0.39 is 0 Å². The standard InChI is InChI=1S/C14H21N3O2/c1-9(2)7-12(14(18)19-3)17-13-10-5-4-6-11(10)15-8-16-13/h8-9,12H,4-7H2,1-3H3,(H,15,16,17). The van der Waals surface area contributed by atoms with Gasteiger partial charge in [-0.2, -0.15) is 0 Å². The number of rotatable bonds is 5. The summed E-state index contributed by atoms with van der Waals surface area (Å²) in [4.78, 5) is 20.4. The number of hydrogen-bond acceptors (Lipinski definition) is 5. The summed E-state index contributed by atoms with van der Waals surface area (Å²) in [5, 5.41) is 3.24. The van der Waals surface area contributed by atoms with E-state index in [1.54, 1.807) is 6.33 Å². The predicted octanol–water partition coefficient (Wildman–Crippen LogP) is 1.96. The van der Waals surface area contributed by atoms with Gasteiger partial charge in [-0.15, -0.1) is 0 Å². The summed E-state index contributed by atoms with van der Waals surface area (Å²) in [7, 11) is 1.42. The highest BCUT2D eigenvalue weighted by atomic mass is 16.5. The van der Waals surface area contributed by atoms with Crippen molar-refractivity contribution in [3.63, 3.8) is 0 Å². The maximum Gasteiger partial charge on any atom is 0.328 e. The summed E-state index contributed by atoms with van der Waals surface area (Å²) in [5.74, 6) is 0.962. The number of carbonyl (C=O) groups excluding carboxylic acids is 1. The molecular weight excluding hydrogens is 242 g/mol. The van der Waals surface area contributed by atoms with Gasteiger partial charge in [-0.3, -0.25) is 0 Å². The Morgan fingerprint density at radius 3 is 2.89 bits per heavy atom.